The molecular weight excluding hydrogens is 315 g/mol. The zero-order valence-corrected chi connectivity index (χ0v) is 14.9. The first-order valence-electron chi connectivity index (χ1n) is 8.06. The van der Waals surface area contributed by atoms with Crippen LogP contribution in [0.15, 0.2) is 35.9 Å². The van der Waals surface area contributed by atoms with Gasteiger partial charge in [0.1, 0.15) is 0 Å². The third-order valence-corrected chi connectivity index (χ3v) is 4.65. The molecule has 2 unspecified atom stereocenters. The Morgan fingerprint density at radius 3 is 2.55 bits per heavy atom. The Labute approximate surface area is 147 Å². The van der Waals surface area contributed by atoms with Crippen LogP contribution in [0.2, 0.25) is 0 Å². The van der Waals surface area contributed by atoms with Crippen LogP contribution in [0.1, 0.15) is 31.7 Å². The SMILES string of the molecule is CC/C(=C\c1ccccc1)C1CC1NCCC1CNC1.Cl.Cl. The van der Waals surface area contributed by atoms with E-state index in [4.69, 9.17) is 0 Å². The molecule has 2 N–H and O–H groups in total. The fraction of sp³-hybridized carbons (Fsp3) is 0.556. The smallest absolute Gasteiger partial charge is 0.0139 e. The van der Waals surface area contributed by atoms with E-state index in [1.165, 1.54) is 44.5 Å². The maximum absolute atomic E-state index is 3.74. The van der Waals surface area contributed by atoms with Gasteiger partial charge in [0.05, 0.1) is 0 Å². The van der Waals surface area contributed by atoms with E-state index in [-0.39, 0.29) is 24.8 Å². The molecular formula is C18H28Cl2N2. The third kappa shape index (κ3) is 5.27. The summed E-state index contributed by atoms with van der Waals surface area (Å²) in [5.74, 6) is 1.70. The summed E-state index contributed by atoms with van der Waals surface area (Å²) in [5.41, 5.74) is 2.95. The number of benzene rings is 1. The van der Waals surface area contributed by atoms with Gasteiger partial charge in [-0.1, -0.05) is 48.9 Å². The maximum Gasteiger partial charge on any atom is 0.0139 e. The minimum absolute atomic E-state index is 0. The molecule has 1 heterocycles. The molecule has 0 bridgehead atoms. The average Bonchev–Trinajstić information content (AvgIpc) is 3.19. The van der Waals surface area contributed by atoms with Crippen molar-refractivity contribution in [2.24, 2.45) is 11.8 Å². The lowest BCUT2D eigenvalue weighted by Crippen LogP contribution is -2.43. The van der Waals surface area contributed by atoms with Gasteiger partial charge in [0.25, 0.3) is 0 Å². The number of nitrogens with one attached hydrogen (secondary N) is 2. The van der Waals surface area contributed by atoms with Crippen LogP contribution in [0, 0.1) is 11.8 Å². The maximum atomic E-state index is 3.74. The molecule has 0 radical (unpaired) electrons. The number of rotatable bonds is 7. The Bertz CT molecular complexity index is 457. The highest BCUT2D eigenvalue weighted by Crippen LogP contribution is 2.39. The zero-order chi connectivity index (χ0) is 13.8. The van der Waals surface area contributed by atoms with Crippen LogP contribution in [0.3, 0.4) is 0 Å². The molecule has 22 heavy (non-hydrogen) atoms. The Morgan fingerprint density at radius 2 is 1.95 bits per heavy atom. The third-order valence-electron chi connectivity index (χ3n) is 4.65. The van der Waals surface area contributed by atoms with Gasteiger partial charge in [-0.3, -0.25) is 0 Å². The van der Waals surface area contributed by atoms with Crippen molar-refractivity contribution in [3.05, 3.63) is 41.5 Å². The van der Waals surface area contributed by atoms with Crippen molar-refractivity contribution in [3.8, 4) is 0 Å². The standard InChI is InChI=1S/C18H26N2.2ClH/c1-2-16(10-14-6-4-3-5-7-14)17-11-18(17)20-9-8-15-12-19-13-15;;/h3-7,10,15,17-20H,2,8-9,11-13H2,1H3;2*1H/b16-10+;;. The first-order valence-corrected chi connectivity index (χ1v) is 8.06. The van der Waals surface area contributed by atoms with Crippen LogP contribution < -0.4 is 10.6 Å². The van der Waals surface area contributed by atoms with E-state index in [2.05, 4.69) is 54.0 Å². The summed E-state index contributed by atoms with van der Waals surface area (Å²) in [6.45, 7) is 5.92. The normalized spacial score (nSPS) is 24.0. The molecule has 1 aromatic carbocycles. The van der Waals surface area contributed by atoms with E-state index in [0.29, 0.717) is 0 Å². The summed E-state index contributed by atoms with van der Waals surface area (Å²) in [6.07, 6.45) is 6.22. The summed E-state index contributed by atoms with van der Waals surface area (Å²) in [6, 6.07) is 11.5. The van der Waals surface area contributed by atoms with Crippen molar-refractivity contribution in [3.63, 3.8) is 0 Å². The van der Waals surface area contributed by atoms with Crippen LogP contribution in [-0.4, -0.2) is 25.7 Å². The largest absolute Gasteiger partial charge is 0.316 e. The molecule has 0 spiro atoms. The van der Waals surface area contributed by atoms with Crippen LogP contribution in [0.25, 0.3) is 6.08 Å². The molecule has 2 nitrogen and oxygen atoms in total. The monoisotopic (exact) mass is 342 g/mol. The van der Waals surface area contributed by atoms with E-state index >= 15 is 0 Å². The highest BCUT2D eigenvalue weighted by Gasteiger charge is 2.38. The lowest BCUT2D eigenvalue weighted by Gasteiger charge is -2.27. The van der Waals surface area contributed by atoms with Gasteiger partial charge in [-0.05, 0) is 56.3 Å². The molecule has 2 aliphatic rings. The van der Waals surface area contributed by atoms with E-state index in [0.717, 1.165) is 17.9 Å². The Hall–Kier alpha value is -0.540. The predicted octanol–water partition coefficient (Wildman–Crippen LogP) is 3.91. The van der Waals surface area contributed by atoms with Crippen LogP contribution in [-0.2, 0) is 0 Å². The molecule has 1 saturated carbocycles. The summed E-state index contributed by atoms with van der Waals surface area (Å²) < 4.78 is 0. The van der Waals surface area contributed by atoms with Crippen molar-refractivity contribution >= 4 is 30.9 Å². The first-order chi connectivity index (χ1) is 9.86. The molecule has 1 aliphatic carbocycles. The molecule has 3 rings (SSSR count). The van der Waals surface area contributed by atoms with Gasteiger partial charge < -0.3 is 10.6 Å². The summed E-state index contributed by atoms with van der Waals surface area (Å²) in [4.78, 5) is 0. The van der Waals surface area contributed by atoms with Gasteiger partial charge in [-0.2, -0.15) is 0 Å². The summed E-state index contributed by atoms with van der Waals surface area (Å²) >= 11 is 0. The van der Waals surface area contributed by atoms with Gasteiger partial charge >= 0.3 is 0 Å². The highest BCUT2D eigenvalue weighted by molar-refractivity contribution is 5.85. The van der Waals surface area contributed by atoms with Crippen LogP contribution >= 0.6 is 24.8 Å². The molecule has 1 aliphatic heterocycles. The summed E-state index contributed by atoms with van der Waals surface area (Å²) in [5, 5.41) is 7.08. The molecule has 124 valence electrons. The molecule has 1 aromatic rings. The fourth-order valence-electron chi connectivity index (χ4n) is 3.09. The fourth-order valence-corrected chi connectivity index (χ4v) is 3.09. The highest BCUT2D eigenvalue weighted by atomic mass is 35.5. The minimum atomic E-state index is 0. The predicted molar refractivity (Wildman–Crippen MR) is 100 cm³/mol. The summed E-state index contributed by atoms with van der Waals surface area (Å²) in [7, 11) is 0. The topological polar surface area (TPSA) is 24.1 Å². The van der Waals surface area contributed by atoms with Crippen molar-refractivity contribution < 1.29 is 0 Å². The molecule has 4 heteroatoms. The Kier molecular flexibility index (Phi) is 8.48. The Balaban J connectivity index is 0.00000121. The van der Waals surface area contributed by atoms with E-state index in [9.17, 15) is 0 Å². The van der Waals surface area contributed by atoms with Crippen molar-refractivity contribution in [1.82, 2.24) is 10.6 Å². The minimum Gasteiger partial charge on any atom is -0.316 e. The van der Waals surface area contributed by atoms with Crippen molar-refractivity contribution in [1.29, 1.82) is 0 Å². The molecule has 0 amide bonds. The second kappa shape index (κ2) is 9.57. The number of hydrogen-bond acceptors (Lipinski definition) is 2. The van der Waals surface area contributed by atoms with E-state index in [1.807, 2.05) is 0 Å². The quantitative estimate of drug-likeness (QED) is 0.784. The molecule has 2 atom stereocenters. The van der Waals surface area contributed by atoms with Crippen LogP contribution in [0.5, 0.6) is 0 Å². The second-order valence-corrected chi connectivity index (χ2v) is 6.20. The molecule has 1 saturated heterocycles. The number of halogens is 2. The zero-order valence-electron chi connectivity index (χ0n) is 13.3. The van der Waals surface area contributed by atoms with Crippen molar-refractivity contribution in [2.45, 2.75) is 32.2 Å². The van der Waals surface area contributed by atoms with Crippen molar-refractivity contribution in [2.75, 3.05) is 19.6 Å². The number of hydrogen-bond donors (Lipinski definition) is 2. The first kappa shape index (κ1) is 19.5. The average molecular weight is 343 g/mol. The van der Waals surface area contributed by atoms with Gasteiger partial charge in [-0.15, -0.1) is 24.8 Å². The molecule has 2 fully saturated rings. The van der Waals surface area contributed by atoms with E-state index < -0.39 is 0 Å². The van der Waals surface area contributed by atoms with E-state index in [1.54, 1.807) is 5.57 Å². The Morgan fingerprint density at radius 1 is 1.23 bits per heavy atom. The van der Waals surface area contributed by atoms with Gasteiger partial charge in [0, 0.05) is 6.04 Å². The second-order valence-electron chi connectivity index (χ2n) is 6.20. The van der Waals surface area contributed by atoms with Gasteiger partial charge in [0.15, 0.2) is 0 Å². The van der Waals surface area contributed by atoms with Gasteiger partial charge in [-0.25, -0.2) is 0 Å². The lowest BCUT2D eigenvalue weighted by atomic mass is 9.99. The molecule has 0 aromatic heterocycles. The lowest BCUT2D eigenvalue weighted by molar-refractivity contribution is 0.321. The van der Waals surface area contributed by atoms with Crippen LogP contribution in [0.4, 0.5) is 0 Å². The van der Waals surface area contributed by atoms with Gasteiger partial charge in [0.2, 0.25) is 0 Å².